The standard InChI is InChI=1S/C24H31ClN2O2/c25-21-9-5-8-20(15-21)24(29)22(16-27-10-3-4-11-27)26-23(28)14-17-12-18-6-1-2-7-19(18)13-17/h1-2,5-9,15,17,22-24,26,28-29H,3-4,10-14,16H2/t22-,23?,24-/m1/s1. The van der Waals surface area contributed by atoms with E-state index in [9.17, 15) is 10.2 Å². The van der Waals surface area contributed by atoms with E-state index in [0.29, 0.717) is 17.4 Å². The largest absolute Gasteiger partial charge is 0.387 e. The number of fused-ring (bicyclic) bond motifs is 1. The number of nitrogens with one attached hydrogen (secondary N) is 1. The predicted octanol–water partition coefficient (Wildman–Crippen LogP) is 3.55. The van der Waals surface area contributed by atoms with E-state index in [1.807, 2.05) is 24.3 Å². The van der Waals surface area contributed by atoms with Crippen LogP contribution in [0.1, 0.15) is 42.1 Å². The summed E-state index contributed by atoms with van der Waals surface area (Å²) in [6.45, 7) is 2.82. The summed E-state index contributed by atoms with van der Waals surface area (Å²) < 4.78 is 0. The second kappa shape index (κ2) is 9.59. The third kappa shape index (κ3) is 5.39. The summed E-state index contributed by atoms with van der Waals surface area (Å²) in [4.78, 5) is 2.36. The molecule has 1 aliphatic carbocycles. The third-order valence-electron chi connectivity index (χ3n) is 6.32. The molecular weight excluding hydrogens is 384 g/mol. The lowest BCUT2D eigenvalue weighted by Crippen LogP contribution is -2.49. The number of hydrogen-bond acceptors (Lipinski definition) is 4. The van der Waals surface area contributed by atoms with Gasteiger partial charge in [-0.15, -0.1) is 0 Å². The van der Waals surface area contributed by atoms with Crippen molar-refractivity contribution >= 4 is 11.6 Å². The molecule has 0 spiro atoms. The molecule has 3 atom stereocenters. The van der Waals surface area contributed by atoms with Crippen LogP contribution in [0.15, 0.2) is 48.5 Å². The summed E-state index contributed by atoms with van der Waals surface area (Å²) >= 11 is 6.14. The molecule has 1 aliphatic heterocycles. The highest BCUT2D eigenvalue weighted by Gasteiger charge is 2.29. The Balaban J connectivity index is 1.40. The number of nitrogens with zero attached hydrogens (tertiary/aromatic N) is 1. The first-order chi connectivity index (χ1) is 14.1. The van der Waals surface area contributed by atoms with E-state index < -0.39 is 12.3 Å². The van der Waals surface area contributed by atoms with Gasteiger partial charge < -0.3 is 15.1 Å². The van der Waals surface area contributed by atoms with Crippen LogP contribution in [0.2, 0.25) is 5.02 Å². The molecule has 1 unspecified atom stereocenters. The highest BCUT2D eigenvalue weighted by molar-refractivity contribution is 6.30. The van der Waals surface area contributed by atoms with E-state index in [4.69, 9.17) is 11.6 Å². The van der Waals surface area contributed by atoms with Gasteiger partial charge >= 0.3 is 0 Å². The van der Waals surface area contributed by atoms with E-state index in [2.05, 4.69) is 34.5 Å². The molecule has 0 bridgehead atoms. The second-order valence-corrected chi connectivity index (χ2v) is 9.01. The molecule has 1 saturated heterocycles. The molecule has 0 radical (unpaired) electrons. The van der Waals surface area contributed by atoms with Crippen molar-refractivity contribution in [3.05, 3.63) is 70.2 Å². The highest BCUT2D eigenvalue weighted by Crippen LogP contribution is 2.30. The summed E-state index contributed by atoms with van der Waals surface area (Å²) in [6, 6.07) is 15.7. The first-order valence-corrected chi connectivity index (χ1v) is 11.1. The Bertz CT molecular complexity index is 784. The minimum atomic E-state index is -0.718. The molecule has 1 fully saturated rings. The third-order valence-corrected chi connectivity index (χ3v) is 6.56. The lowest BCUT2D eigenvalue weighted by atomic mass is 9.98. The molecule has 4 nitrogen and oxygen atoms in total. The summed E-state index contributed by atoms with van der Waals surface area (Å²) in [5.41, 5.74) is 3.59. The van der Waals surface area contributed by atoms with Crippen molar-refractivity contribution in [3.8, 4) is 0 Å². The van der Waals surface area contributed by atoms with Gasteiger partial charge in [-0.25, -0.2) is 0 Å². The van der Waals surface area contributed by atoms with Crippen molar-refractivity contribution in [1.29, 1.82) is 0 Å². The van der Waals surface area contributed by atoms with Gasteiger partial charge in [-0.1, -0.05) is 48.0 Å². The van der Waals surface area contributed by atoms with Crippen molar-refractivity contribution < 1.29 is 10.2 Å². The Labute approximate surface area is 178 Å². The van der Waals surface area contributed by atoms with Crippen LogP contribution >= 0.6 is 11.6 Å². The molecule has 2 aromatic rings. The number of aliphatic hydroxyl groups is 2. The van der Waals surface area contributed by atoms with Crippen LogP contribution in [0, 0.1) is 5.92 Å². The molecule has 0 saturated carbocycles. The molecule has 0 amide bonds. The Morgan fingerprint density at radius 1 is 1.00 bits per heavy atom. The molecule has 2 aromatic carbocycles. The zero-order valence-electron chi connectivity index (χ0n) is 16.8. The van der Waals surface area contributed by atoms with E-state index in [1.54, 1.807) is 0 Å². The molecule has 0 aromatic heterocycles. The van der Waals surface area contributed by atoms with Crippen LogP contribution < -0.4 is 5.32 Å². The average molecular weight is 415 g/mol. The maximum atomic E-state index is 11.1. The lowest BCUT2D eigenvalue weighted by Gasteiger charge is -2.31. The molecule has 29 heavy (non-hydrogen) atoms. The van der Waals surface area contributed by atoms with Gasteiger partial charge in [0.15, 0.2) is 0 Å². The topological polar surface area (TPSA) is 55.7 Å². The summed E-state index contributed by atoms with van der Waals surface area (Å²) in [5.74, 6) is 0.436. The minimum absolute atomic E-state index is 0.245. The zero-order valence-corrected chi connectivity index (χ0v) is 17.6. The fraction of sp³-hybridized carbons (Fsp3) is 0.500. The molecule has 4 rings (SSSR count). The first-order valence-electron chi connectivity index (χ1n) is 10.8. The van der Waals surface area contributed by atoms with E-state index >= 15 is 0 Å². The number of halogens is 1. The van der Waals surface area contributed by atoms with Crippen molar-refractivity contribution in [2.75, 3.05) is 19.6 Å². The van der Waals surface area contributed by atoms with Gasteiger partial charge in [0.05, 0.1) is 12.1 Å². The summed E-state index contributed by atoms with van der Waals surface area (Å²) in [6.07, 6.45) is 3.75. The van der Waals surface area contributed by atoms with E-state index in [0.717, 1.165) is 38.0 Å². The lowest BCUT2D eigenvalue weighted by molar-refractivity contribution is 0.0404. The smallest absolute Gasteiger partial charge is 0.105 e. The second-order valence-electron chi connectivity index (χ2n) is 8.58. The summed E-state index contributed by atoms with van der Waals surface area (Å²) in [5, 5.41) is 25.8. The Hall–Kier alpha value is -1.43. The van der Waals surface area contributed by atoms with Crippen LogP contribution in [0.3, 0.4) is 0 Å². The van der Waals surface area contributed by atoms with Crippen LogP contribution in [0.5, 0.6) is 0 Å². The number of benzene rings is 2. The van der Waals surface area contributed by atoms with Gasteiger partial charge in [0.1, 0.15) is 6.23 Å². The van der Waals surface area contributed by atoms with Gasteiger partial charge in [-0.2, -0.15) is 0 Å². The fourth-order valence-electron chi connectivity index (χ4n) is 4.86. The molecular formula is C24H31ClN2O2. The predicted molar refractivity (Wildman–Crippen MR) is 117 cm³/mol. The first kappa shape index (κ1) is 20.8. The highest BCUT2D eigenvalue weighted by atomic mass is 35.5. The van der Waals surface area contributed by atoms with Crippen LogP contribution in [-0.2, 0) is 12.8 Å². The SMILES string of the molecule is OC(CC1Cc2ccccc2C1)N[C@H](CN1CCCC1)[C@H](O)c1cccc(Cl)c1. The molecule has 3 N–H and O–H groups in total. The maximum absolute atomic E-state index is 11.1. The maximum Gasteiger partial charge on any atom is 0.105 e. The zero-order chi connectivity index (χ0) is 20.2. The van der Waals surface area contributed by atoms with Gasteiger partial charge in [0, 0.05) is 11.6 Å². The van der Waals surface area contributed by atoms with Crippen molar-refractivity contribution in [1.82, 2.24) is 10.2 Å². The van der Waals surface area contributed by atoms with Gasteiger partial charge in [0.2, 0.25) is 0 Å². The molecule has 1 heterocycles. The van der Waals surface area contributed by atoms with Crippen molar-refractivity contribution in [2.45, 2.75) is 50.5 Å². The van der Waals surface area contributed by atoms with Crippen molar-refractivity contribution in [2.24, 2.45) is 5.92 Å². The molecule has 2 aliphatic rings. The number of likely N-dealkylation sites (tertiary alicyclic amines) is 1. The number of hydrogen-bond donors (Lipinski definition) is 3. The van der Waals surface area contributed by atoms with Gasteiger partial charge in [0.25, 0.3) is 0 Å². The molecule has 5 heteroatoms. The minimum Gasteiger partial charge on any atom is -0.387 e. The average Bonchev–Trinajstić information content (AvgIpc) is 3.35. The van der Waals surface area contributed by atoms with Crippen LogP contribution in [-0.4, -0.2) is 47.0 Å². The molecule has 156 valence electrons. The van der Waals surface area contributed by atoms with E-state index in [-0.39, 0.29) is 6.04 Å². The number of aliphatic hydroxyl groups excluding tert-OH is 2. The Kier molecular flexibility index (Phi) is 6.88. The Morgan fingerprint density at radius 3 is 2.34 bits per heavy atom. The van der Waals surface area contributed by atoms with Gasteiger partial charge in [-0.05, 0) is 79.9 Å². The fourth-order valence-corrected chi connectivity index (χ4v) is 5.06. The van der Waals surface area contributed by atoms with Crippen molar-refractivity contribution in [3.63, 3.8) is 0 Å². The van der Waals surface area contributed by atoms with E-state index in [1.165, 1.54) is 24.0 Å². The van der Waals surface area contributed by atoms with Crippen LogP contribution in [0.4, 0.5) is 0 Å². The quantitative estimate of drug-likeness (QED) is 0.578. The van der Waals surface area contributed by atoms with Crippen LogP contribution in [0.25, 0.3) is 0 Å². The number of rotatable bonds is 8. The summed E-state index contributed by atoms with van der Waals surface area (Å²) in [7, 11) is 0. The normalized spacial score (nSPS) is 20.5. The Morgan fingerprint density at radius 2 is 1.69 bits per heavy atom. The van der Waals surface area contributed by atoms with Gasteiger partial charge in [-0.3, -0.25) is 5.32 Å². The monoisotopic (exact) mass is 414 g/mol.